The van der Waals surface area contributed by atoms with Gasteiger partial charge in [-0.3, -0.25) is 4.79 Å². The van der Waals surface area contributed by atoms with Crippen molar-refractivity contribution in [2.75, 3.05) is 13.7 Å². The van der Waals surface area contributed by atoms with Crippen molar-refractivity contribution in [3.8, 4) is 5.75 Å². The van der Waals surface area contributed by atoms with E-state index in [1.807, 2.05) is 0 Å². The van der Waals surface area contributed by atoms with E-state index < -0.39 is 40.7 Å². The minimum absolute atomic E-state index is 0.0374. The highest BCUT2D eigenvalue weighted by Gasteiger charge is 2.31. The minimum atomic E-state index is -3.87. The number of carbonyl (C=O) groups excluding carboxylic acids is 1. The zero-order chi connectivity index (χ0) is 23.1. The zero-order valence-electron chi connectivity index (χ0n) is 17.4. The predicted molar refractivity (Wildman–Crippen MR) is 115 cm³/mol. The number of halogens is 1. The number of sulfonamides is 1. The molecule has 0 saturated heterocycles. The van der Waals surface area contributed by atoms with Crippen LogP contribution >= 0.6 is 0 Å². The molecular weight excluding hydrogens is 439 g/mol. The molecule has 8 nitrogen and oxygen atoms in total. The van der Waals surface area contributed by atoms with E-state index in [2.05, 4.69) is 10.0 Å². The highest BCUT2D eigenvalue weighted by atomic mass is 32.2. The minimum Gasteiger partial charge on any atom is -0.497 e. The first kappa shape index (κ1) is 23.9. The van der Waals surface area contributed by atoms with Crippen molar-refractivity contribution in [3.05, 3.63) is 72.1 Å². The van der Waals surface area contributed by atoms with Gasteiger partial charge in [0.1, 0.15) is 17.7 Å². The van der Waals surface area contributed by atoms with Crippen molar-refractivity contribution in [1.82, 2.24) is 10.0 Å². The van der Waals surface area contributed by atoms with Gasteiger partial charge in [-0.25, -0.2) is 17.5 Å². The molecular formula is C22H25FN2O6S. The fraction of sp³-hybridized carbons (Fsp3) is 0.318. The van der Waals surface area contributed by atoms with Crippen LogP contribution in [0.15, 0.2) is 65.6 Å². The van der Waals surface area contributed by atoms with Crippen LogP contribution in [-0.2, 0) is 26.1 Å². The van der Waals surface area contributed by atoms with Gasteiger partial charge in [-0.1, -0.05) is 30.4 Å². The maximum Gasteiger partial charge on any atom is 0.241 e. The summed E-state index contributed by atoms with van der Waals surface area (Å²) in [7, 11) is -2.39. The molecule has 2 aromatic carbocycles. The molecule has 1 aliphatic heterocycles. The molecule has 0 spiro atoms. The Kier molecular flexibility index (Phi) is 7.97. The fourth-order valence-corrected chi connectivity index (χ4v) is 4.42. The summed E-state index contributed by atoms with van der Waals surface area (Å²) in [5.74, 6) is -0.250. The molecule has 0 saturated carbocycles. The summed E-state index contributed by atoms with van der Waals surface area (Å²) in [6.45, 7) is -0.414. The van der Waals surface area contributed by atoms with Crippen LogP contribution < -0.4 is 14.8 Å². The Balaban J connectivity index is 1.59. The summed E-state index contributed by atoms with van der Waals surface area (Å²) >= 11 is 0. The van der Waals surface area contributed by atoms with Crippen LogP contribution in [0.5, 0.6) is 5.75 Å². The Morgan fingerprint density at radius 2 is 1.88 bits per heavy atom. The molecule has 0 fully saturated rings. The quantitative estimate of drug-likeness (QED) is 0.485. The second kappa shape index (κ2) is 10.7. The molecule has 3 rings (SSSR count). The molecule has 1 amide bonds. The van der Waals surface area contributed by atoms with Crippen LogP contribution in [0.25, 0.3) is 0 Å². The monoisotopic (exact) mass is 464 g/mol. The number of methoxy groups -OCH3 is 1. The molecule has 0 aromatic heterocycles. The Morgan fingerprint density at radius 1 is 1.16 bits per heavy atom. The van der Waals surface area contributed by atoms with E-state index in [0.717, 1.165) is 0 Å². The second-order valence-electron chi connectivity index (χ2n) is 7.18. The van der Waals surface area contributed by atoms with Gasteiger partial charge in [-0.05, 0) is 30.3 Å². The zero-order valence-corrected chi connectivity index (χ0v) is 18.2. The molecule has 0 radical (unpaired) electrons. The highest BCUT2D eigenvalue weighted by molar-refractivity contribution is 7.89. The lowest BCUT2D eigenvalue weighted by molar-refractivity contribution is -0.125. The average Bonchev–Trinajstić information content (AvgIpc) is 2.79. The number of carbonyl (C=O) groups is 1. The van der Waals surface area contributed by atoms with E-state index >= 15 is 0 Å². The van der Waals surface area contributed by atoms with Crippen LogP contribution in [0, 0.1) is 5.82 Å². The number of amides is 1. The Hall–Kier alpha value is -2.79. The number of ether oxygens (including phenoxy) is 2. The lowest BCUT2D eigenvalue weighted by Gasteiger charge is -2.31. The first-order valence-electron chi connectivity index (χ1n) is 9.93. The van der Waals surface area contributed by atoms with Crippen molar-refractivity contribution >= 4 is 15.9 Å². The van der Waals surface area contributed by atoms with E-state index in [-0.39, 0.29) is 23.8 Å². The van der Waals surface area contributed by atoms with Crippen LogP contribution in [0.3, 0.4) is 0 Å². The number of aliphatic hydroxyl groups excluding tert-OH is 1. The van der Waals surface area contributed by atoms with Crippen LogP contribution in [0.2, 0.25) is 0 Å². The maximum absolute atomic E-state index is 13.7. The number of aliphatic hydroxyl groups is 1. The Bertz CT molecular complexity index is 1060. The molecule has 0 aliphatic carbocycles. The fourth-order valence-electron chi connectivity index (χ4n) is 3.20. The summed E-state index contributed by atoms with van der Waals surface area (Å²) in [6.07, 6.45) is 1.53. The number of nitrogens with one attached hydrogen (secondary N) is 2. The van der Waals surface area contributed by atoms with Crippen molar-refractivity contribution in [2.24, 2.45) is 0 Å². The van der Waals surface area contributed by atoms with E-state index in [4.69, 9.17) is 9.47 Å². The number of hydrogen-bond donors (Lipinski definition) is 3. The normalized spacial score (nSPS) is 20.7. The molecule has 0 bridgehead atoms. The molecule has 172 valence electrons. The van der Waals surface area contributed by atoms with E-state index in [1.165, 1.54) is 37.4 Å². The summed E-state index contributed by atoms with van der Waals surface area (Å²) in [5, 5.41) is 12.3. The molecule has 2 aromatic rings. The lowest BCUT2D eigenvalue weighted by Crippen LogP contribution is -2.49. The molecule has 3 N–H and O–H groups in total. The van der Waals surface area contributed by atoms with Gasteiger partial charge in [0.15, 0.2) is 0 Å². The molecule has 1 aliphatic rings. The molecule has 3 atom stereocenters. The van der Waals surface area contributed by atoms with Crippen molar-refractivity contribution in [1.29, 1.82) is 0 Å². The summed E-state index contributed by atoms with van der Waals surface area (Å²) in [6, 6.07) is 11.2. The van der Waals surface area contributed by atoms with Gasteiger partial charge in [-0.2, -0.15) is 0 Å². The van der Waals surface area contributed by atoms with Gasteiger partial charge in [-0.15, -0.1) is 0 Å². The first-order valence-corrected chi connectivity index (χ1v) is 11.4. The predicted octanol–water partition coefficient (Wildman–Crippen LogP) is 1.50. The molecule has 0 unspecified atom stereocenters. The second-order valence-corrected chi connectivity index (χ2v) is 8.89. The molecule has 10 heteroatoms. The van der Waals surface area contributed by atoms with Gasteiger partial charge >= 0.3 is 0 Å². The van der Waals surface area contributed by atoms with Crippen LogP contribution in [-0.4, -0.2) is 51.4 Å². The third-order valence-corrected chi connectivity index (χ3v) is 6.42. The highest BCUT2D eigenvalue weighted by Crippen LogP contribution is 2.20. The van der Waals surface area contributed by atoms with Gasteiger partial charge in [0.25, 0.3) is 0 Å². The molecule has 1 heterocycles. The average molecular weight is 465 g/mol. The van der Waals surface area contributed by atoms with Crippen molar-refractivity contribution in [3.63, 3.8) is 0 Å². The number of rotatable bonds is 9. The van der Waals surface area contributed by atoms with Gasteiger partial charge in [0.05, 0.1) is 37.2 Å². The maximum atomic E-state index is 13.7. The summed E-state index contributed by atoms with van der Waals surface area (Å²) in [5.41, 5.74) is 0.363. The van der Waals surface area contributed by atoms with Crippen molar-refractivity contribution < 1.29 is 32.2 Å². The smallest absolute Gasteiger partial charge is 0.241 e. The van der Waals surface area contributed by atoms with Gasteiger partial charge < -0.3 is 19.9 Å². The summed E-state index contributed by atoms with van der Waals surface area (Å²) < 4.78 is 52.2. The SMILES string of the molecule is COc1ccc(S(=O)(=O)N[C@H]2C=C[C@H](CC(=O)NCc3ccccc3F)O[C@@H]2CO)cc1. The standard InChI is InChI=1S/C22H25FN2O6S/c1-30-16-6-9-18(10-7-16)32(28,29)25-20-11-8-17(31-21(20)14-26)12-22(27)24-13-15-4-2-3-5-19(15)23/h2-11,17,20-21,25-26H,12-14H2,1H3,(H,24,27)/t17-,20+,21-/m1/s1. The van der Waals surface area contributed by atoms with Crippen LogP contribution in [0.4, 0.5) is 4.39 Å². The van der Waals surface area contributed by atoms with E-state index in [9.17, 15) is 22.7 Å². The van der Waals surface area contributed by atoms with Gasteiger partial charge in [0, 0.05) is 12.1 Å². The van der Waals surface area contributed by atoms with Gasteiger partial charge in [0.2, 0.25) is 15.9 Å². The Morgan fingerprint density at radius 3 is 2.53 bits per heavy atom. The largest absolute Gasteiger partial charge is 0.497 e. The topological polar surface area (TPSA) is 114 Å². The van der Waals surface area contributed by atoms with Crippen molar-refractivity contribution in [2.45, 2.75) is 36.1 Å². The molecule has 32 heavy (non-hydrogen) atoms. The number of benzene rings is 2. The third kappa shape index (κ3) is 6.13. The number of hydrogen-bond acceptors (Lipinski definition) is 6. The Labute approximate surface area is 186 Å². The summed E-state index contributed by atoms with van der Waals surface area (Å²) in [4.78, 5) is 12.2. The third-order valence-electron chi connectivity index (χ3n) is 4.94. The lowest BCUT2D eigenvalue weighted by atomic mass is 10.1. The van der Waals surface area contributed by atoms with E-state index in [1.54, 1.807) is 30.4 Å². The van der Waals surface area contributed by atoms with Crippen LogP contribution in [0.1, 0.15) is 12.0 Å². The first-order chi connectivity index (χ1) is 15.3. The van der Waals surface area contributed by atoms with E-state index in [0.29, 0.717) is 11.3 Å².